The molecule has 0 aliphatic carbocycles. The zero-order valence-electron chi connectivity index (χ0n) is 7.14. The molecule has 14 heavy (non-hydrogen) atoms. The average Bonchev–Trinajstić information content (AvgIpc) is 2.70. The van der Waals surface area contributed by atoms with Crippen LogP contribution in [-0.4, -0.2) is 26.3 Å². The van der Waals surface area contributed by atoms with Crippen molar-refractivity contribution in [2.24, 2.45) is 0 Å². The zero-order valence-corrected chi connectivity index (χ0v) is 7.14. The third-order valence-electron chi connectivity index (χ3n) is 1.80. The molecule has 0 aromatic carbocycles. The Hall–Kier alpha value is -2.17. The second-order valence-corrected chi connectivity index (χ2v) is 2.68. The fourth-order valence-corrected chi connectivity index (χ4v) is 1.20. The Bertz CT molecular complexity index is 451. The molecule has 2 aromatic heterocycles. The third-order valence-corrected chi connectivity index (χ3v) is 1.80. The molecule has 0 spiro atoms. The Kier molecular flexibility index (Phi) is 1.98. The number of nitrogens with zero attached hydrogens (tertiary/aromatic N) is 2. The monoisotopic (exact) mass is 189 g/mol. The molecule has 0 saturated heterocycles. The van der Waals surface area contributed by atoms with Crippen LogP contribution in [0.25, 0.3) is 11.3 Å². The van der Waals surface area contributed by atoms with Gasteiger partial charge in [-0.25, -0.2) is 9.78 Å². The van der Waals surface area contributed by atoms with Crippen LogP contribution in [-0.2, 0) is 0 Å². The van der Waals surface area contributed by atoms with E-state index in [2.05, 4.69) is 15.2 Å². The molecule has 0 amide bonds. The van der Waals surface area contributed by atoms with Gasteiger partial charge in [0.25, 0.3) is 0 Å². The van der Waals surface area contributed by atoms with E-state index in [0.717, 1.165) is 0 Å². The van der Waals surface area contributed by atoms with Gasteiger partial charge in [-0.3, -0.25) is 5.10 Å². The van der Waals surface area contributed by atoms with E-state index in [9.17, 15) is 4.79 Å². The lowest BCUT2D eigenvalue weighted by Crippen LogP contribution is -2.02. The number of hydrogen-bond acceptors (Lipinski definition) is 3. The Morgan fingerprint density at radius 2 is 2.21 bits per heavy atom. The molecule has 5 heteroatoms. The summed E-state index contributed by atoms with van der Waals surface area (Å²) >= 11 is 0. The summed E-state index contributed by atoms with van der Waals surface area (Å²) in [6, 6.07) is 5.07. The molecule has 0 radical (unpaired) electrons. The third kappa shape index (κ3) is 1.35. The van der Waals surface area contributed by atoms with Crippen molar-refractivity contribution in [3.05, 3.63) is 36.3 Å². The number of hydrogen-bond donors (Lipinski definition) is 2. The highest BCUT2D eigenvalue weighted by Gasteiger charge is 2.12. The molecule has 5 nitrogen and oxygen atoms in total. The molecule has 2 aromatic rings. The van der Waals surface area contributed by atoms with Crippen LogP contribution in [0, 0.1) is 0 Å². The maximum atomic E-state index is 10.8. The summed E-state index contributed by atoms with van der Waals surface area (Å²) in [6.07, 6.45) is 3.01. The number of carbonyl (C=O) groups is 1. The molecular weight excluding hydrogens is 182 g/mol. The summed E-state index contributed by atoms with van der Waals surface area (Å²) in [5, 5.41) is 15.3. The van der Waals surface area contributed by atoms with Crippen LogP contribution < -0.4 is 0 Å². The van der Waals surface area contributed by atoms with E-state index >= 15 is 0 Å². The molecule has 70 valence electrons. The summed E-state index contributed by atoms with van der Waals surface area (Å²) in [5.74, 6) is -1.05. The molecule has 0 saturated carbocycles. The number of aromatic amines is 1. The highest BCUT2D eigenvalue weighted by Crippen LogP contribution is 2.18. The van der Waals surface area contributed by atoms with Crippen LogP contribution in [0.15, 0.2) is 30.6 Å². The van der Waals surface area contributed by atoms with Crippen LogP contribution in [0.1, 0.15) is 10.5 Å². The van der Waals surface area contributed by atoms with Gasteiger partial charge in [-0.15, -0.1) is 0 Å². The first kappa shape index (κ1) is 8.43. The Balaban J connectivity index is 2.58. The minimum Gasteiger partial charge on any atom is -0.476 e. The van der Waals surface area contributed by atoms with Crippen LogP contribution in [0.4, 0.5) is 0 Å². The van der Waals surface area contributed by atoms with E-state index in [1.807, 2.05) is 0 Å². The van der Waals surface area contributed by atoms with Gasteiger partial charge in [0.2, 0.25) is 0 Å². The summed E-state index contributed by atoms with van der Waals surface area (Å²) in [6.45, 7) is 0. The van der Waals surface area contributed by atoms with Crippen molar-refractivity contribution in [2.75, 3.05) is 0 Å². The van der Waals surface area contributed by atoms with E-state index in [1.54, 1.807) is 24.4 Å². The first-order valence-electron chi connectivity index (χ1n) is 3.97. The zero-order chi connectivity index (χ0) is 9.97. The molecule has 0 fully saturated rings. The molecular formula is C9H7N3O2. The minimum absolute atomic E-state index is 0.0248. The van der Waals surface area contributed by atoms with Crippen molar-refractivity contribution in [3.63, 3.8) is 0 Å². The molecule has 2 N–H and O–H groups in total. The van der Waals surface area contributed by atoms with Crippen molar-refractivity contribution in [1.82, 2.24) is 15.2 Å². The Labute approximate surface area is 79.4 Å². The van der Waals surface area contributed by atoms with Gasteiger partial charge in [-0.05, 0) is 18.2 Å². The predicted octanol–water partition coefficient (Wildman–Crippen LogP) is 1.17. The van der Waals surface area contributed by atoms with E-state index < -0.39 is 5.97 Å². The highest BCUT2D eigenvalue weighted by atomic mass is 16.4. The lowest BCUT2D eigenvalue weighted by atomic mass is 10.1. The summed E-state index contributed by atoms with van der Waals surface area (Å²) in [7, 11) is 0. The molecule has 0 aliphatic heterocycles. The normalized spacial score (nSPS) is 10.0. The average molecular weight is 189 g/mol. The SMILES string of the molecule is O=C(O)c1ncccc1-c1ccn[nH]1. The summed E-state index contributed by atoms with van der Waals surface area (Å²) < 4.78 is 0. The molecule has 0 unspecified atom stereocenters. The lowest BCUT2D eigenvalue weighted by Gasteiger charge is -2.00. The Morgan fingerprint density at radius 3 is 2.86 bits per heavy atom. The standard InChI is InChI=1S/C9H7N3O2/c13-9(14)8-6(2-1-4-10-8)7-3-5-11-12-7/h1-5H,(H,11,12)(H,13,14). The van der Waals surface area contributed by atoms with E-state index in [4.69, 9.17) is 5.11 Å². The molecule has 2 heterocycles. The van der Waals surface area contributed by atoms with Gasteiger partial charge in [0.05, 0.1) is 5.69 Å². The highest BCUT2D eigenvalue weighted by molar-refractivity contribution is 5.93. The van der Waals surface area contributed by atoms with Gasteiger partial charge in [-0.2, -0.15) is 5.10 Å². The topological polar surface area (TPSA) is 78.9 Å². The van der Waals surface area contributed by atoms with Gasteiger partial charge >= 0.3 is 5.97 Å². The first-order valence-corrected chi connectivity index (χ1v) is 3.97. The van der Waals surface area contributed by atoms with Gasteiger partial charge in [0.1, 0.15) is 0 Å². The van der Waals surface area contributed by atoms with Gasteiger partial charge in [-0.1, -0.05) is 0 Å². The molecule has 0 bridgehead atoms. The van der Waals surface area contributed by atoms with E-state index in [1.165, 1.54) is 6.20 Å². The predicted molar refractivity (Wildman–Crippen MR) is 48.8 cm³/mol. The van der Waals surface area contributed by atoms with Gasteiger partial charge in [0.15, 0.2) is 5.69 Å². The number of nitrogens with one attached hydrogen (secondary N) is 1. The molecule has 2 rings (SSSR count). The second-order valence-electron chi connectivity index (χ2n) is 2.68. The van der Waals surface area contributed by atoms with Gasteiger partial charge in [0, 0.05) is 18.0 Å². The van der Waals surface area contributed by atoms with Crippen LogP contribution >= 0.6 is 0 Å². The number of aromatic carboxylic acids is 1. The van der Waals surface area contributed by atoms with Crippen molar-refractivity contribution < 1.29 is 9.90 Å². The number of pyridine rings is 1. The maximum Gasteiger partial charge on any atom is 0.355 e. The van der Waals surface area contributed by atoms with Crippen molar-refractivity contribution in [3.8, 4) is 11.3 Å². The van der Waals surface area contributed by atoms with E-state index in [-0.39, 0.29) is 5.69 Å². The van der Waals surface area contributed by atoms with Crippen LogP contribution in [0.2, 0.25) is 0 Å². The second kappa shape index (κ2) is 3.29. The molecule has 0 aliphatic rings. The number of aromatic nitrogens is 3. The largest absolute Gasteiger partial charge is 0.476 e. The van der Waals surface area contributed by atoms with Crippen LogP contribution in [0.5, 0.6) is 0 Å². The smallest absolute Gasteiger partial charge is 0.355 e. The number of carboxylic acid groups (broad SMARTS) is 1. The molecule has 0 atom stereocenters. The van der Waals surface area contributed by atoms with Crippen molar-refractivity contribution >= 4 is 5.97 Å². The fourth-order valence-electron chi connectivity index (χ4n) is 1.20. The minimum atomic E-state index is -1.05. The Morgan fingerprint density at radius 1 is 1.36 bits per heavy atom. The van der Waals surface area contributed by atoms with Crippen molar-refractivity contribution in [1.29, 1.82) is 0 Å². The quantitative estimate of drug-likeness (QED) is 0.743. The fraction of sp³-hybridized carbons (Fsp3) is 0. The lowest BCUT2D eigenvalue weighted by molar-refractivity contribution is 0.0691. The van der Waals surface area contributed by atoms with E-state index in [0.29, 0.717) is 11.3 Å². The van der Waals surface area contributed by atoms with Crippen LogP contribution in [0.3, 0.4) is 0 Å². The summed E-state index contributed by atoms with van der Waals surface area (Å²) in [5.41, 5.74) is 1.21. The maximum absolute atomic E-state index is 10.8. The first-order chi connectivity index (χ1) is 6.79. The number of carboxylic acids is 1. The number of H-pyrrole nitrogens is 1. The van der Waals surface area contributed by atoms with Crippen molar-refractivity contribution in [2.45, 2.75) is 0 Å². The summed E-state index contributed by atoms with van der Waals surface area (Å²) in [4.78, 5) is 14.6. The van der Waals surface area contributed by atoms with Gasteiger partial charge < -0.3 is 5.11 Å². The number of rotatable bonds is 2.